The highest BCUT2D eigenvalue weighted by Gasteiger charge is 2.47. The van der Waals surface area contributed by atoms with Gasteiger partial charge in [0, 0.05) is 76.6 Å². The van der Waals surface area contributed by atoms with Crippen molar-refractivity contribution in [2.45, 2.75) is 36.3 Å². The molecule has 4 N–H and O–H groups in total. The summed E-state index contributed by atoms with van der Waals surface area (Å²) in [6, 6.07) is 15.1. The average molecular weight is 655 g/mol. The molecule has 0 spiro atoms. The number of hydrogen-bond donors (Lipinski definition) is 2. The van der Waals surface area contributed by atoms with E-state index in [1.165, 1.54) is 36.7 Å². The molecule has 15 heteroatoms. The standard InChI is InChI=1S/C33H36F2N12O/c34-25-1-5-27(6-2-25)44-9-13-46(14-10-44)29(17-32(38)23(19-36)21-40-42-32)31(48)30(18-33(39)24(20-37)22-41-43-33)47-15-11-45(12-16-47)28-7-3-26(35)4-8-28/h1-8,21-22,29-30H,9-18,38-39H2. The first-order valence-corrected chi connectivity index (χ1v) is 15.8. The van der Waals surface area contributed by atoms with Crippen molar-refractivity contribution in [1.29, 1.82) is 10.5 Å². The van der Waals surface area contributed by atoms with Crippen LogP contribution in [0.1, 0.15) is 12.8 Å². The largest absolute Gasteiger partial charge is 0.369 e. The van der Waals surface area contributed by atoms with E-state index in [1.54, 1.807) is 24.3 Å². The third-order valence-electron chi connectivity index (χ3n) is 9.58. The molecule has 4 unspecified atom stereocenters. The minimum absolute atomic E-state index is 0.00262. The van der Waals surface area contributed by atoms with Gasteiger partial charge in [0.05, 0.1) is 35.6 Å². The van der Waals surface area contributed by atoms with Crippen molar-refractivity contribution in [3.05, 3.63) is 83.7 Å². The van der Waals surface area contributed by atoms with Gasteiger partial charge in [0.15, 0.2) is 17.1 Å². The van der Waals surface area contributed by atoms with Gasteiger partial charge in [-0.2, -0.15) is 31.0 Å². The normalized spacial score (nSPS) is 25.7. The molecule has 248 valence electrons. The van der Waals surface area contributed by atoms with Crippen LogP contribution < -0.4 is 21.3 Å². The number of Topliss-reactive ketones (excluding diaryl/α,β-unsaturated/α-hetero) is 1. The van der Waals surface area contributed by atoms with E-state index in [9.17, 15) is 19.3 Å². The van der Waals surface area contributed by atoms with Crippen LogP contribution >= 0.6 is 0 Å². The molecule has 2 saturated heterocycles. The Bertz CT molecular complexity index is 1590. The molecule has 0 aliphatic carbocycles. The van der Waals surface area contributed by atoms with Crippen LogP contribution in [0.15, 0.2) is 92.5 Å². The summed E-state index contributed by atoms with van der Waals surface area (Å²) in [4.78, 5) is 23.3. The Kier molecular flexibility index (Phi) is 9.39. The van der Waals surface area contributed by atoms with E-state index in [0.29, 0.717) is 52.4 Å². The molecular weight excluding hydrogens is 618 g/mol. The maximum atomic E-state index is 15.0. The van der Waals surface area contributed by atoms with Crippen molar-refractivity contribution in [2.24, 2.45) is 31.9 Å². The summed E-state index contributed by atoms with van der Waals surface area (Å²) >= 11 is 0. The van der Waals surface area contributed by atoms with Crippen LogP contribution in [0.25, 0.3) is 0 Å². The molecule has 0 amide bonds. The van der Waals surface area contributed by atoms with Crippen LogP contribution in [0, 0.1) is 34.3 Å². The quantitative estimate of drug-likeness (QED) is 0.389. The average Bonchev–Trinajstić information content (AvgIpc) is 3.68. The monoisotopic (exact) mass is 654 g/mol. The zero-order valence-corrected chi connectivity index (χ0v) is 26.3. The highest BCUT2D eigenvalue weighted by Crippen LogP contribution is 2.34. The van der Waals surface area contributed by atoms with Gasteiger partial charge in [-0.3, -0.25) is 14.6 Å². The fourth-order valence-corrected chi connectivity index (χ4v) is 6.78. The lowest BCUT2D eigenvalue weighted by molar-refractivity contribution is -0.131. The summed E-state index contributed by atoms with van der Waals surface area (Å²) in [5.74, 6) is -0.822. The number of nitrogens with zero attached hydrogens (tertiary/aromatic N) is 10. The maximum Gasteiger partial charge on any atom is 0.168 e. The Balaban J connectivity index is 1.28. The molecule has 4 aliphatic heterocycles. The lowest BCUT2D eigenvalue weighted by Crippen LogP contribution is -2.62. The Hall–Kier alpha value is -4.93. The predicted molar refractivity (Wildman–Crippen MR) is 173 cm³/mol. The predicted octanol–water partition coefficient (Wildman–Crippen LogP) is 3.05. The van der Waals surface area contributed by atoms with Crippen molar-refractivity contribution >= 4 is 17.2 Å². The van der Waals surface area contributed by atoms with Gasteiger partial charge in [-0.1, -0.05) is 0 Å². The lowest BCUT2D eigenvalue weighted by atomic mass is 9.85. The van der Waals surface area contributed by atoms with Gasteiger partial charge >= 0.3 is 0 Å². The fourth-order valence-electron chi connectivity index (χ4n) is 6.78. The second kappa shape index (κ2) is 13.7. The lowest BCUT2D eigenvalue weighted by Gasteiger charge is -2.45. The van der Waals surface area contributed by atoms with Gasteiger partial charge in [0.2, 0.25) is 0 Å². The Morgan fingerprint density at radius 3 is 1.38 bits per heavy atom. The molecule has 2 aromatic carbocycles. The molecule has 13 nitrogen and oxygen atoms in total. The Labute approximate surface area is 277 Å². The smallest absolute Gasteiger partial charge is 0.168 e. The summed E-state index contributed by atoms with van der Waals surface area (Å²) in [6.45, 7) is 4.17. The molecule has 4 atom stereocenters. The summed E-state index contributed by atoms with van der Waals surface area (Å²) in [6.07, 6.45) is 2.63. The van der Waals surface area contributed by atoms with Crippen molar-refractivity contribution in [3.8, 4) is 12.1 Å². The number of hydrogen-bond acceptors (Lipinski definition) is 13. The van der Waals surface area contributed by atoms with Gasteiger partial charge in [-0.15, -0.1) is 0 Å². The zero-order chi connectivity index (χ0) is 33.9. The van der Waals surface area contributed by atoms with Crippen LogP contribution in [0.3, 0.4) is 0 Å². The first-order chi connectivity index (χ1) is 23.1. The van der Waals surface area contributed by atoms with E-state index >= 15 is 4.79 Å². The minimum Gasteiger partial charge on any atom is -0.369 e. The third-order valence-corrected chi connectivity index (χ3v) is 9.58. The number of ketones is 1. The number of azo groups is 2. The second-order valence-corrected chi connectivity index (χ2v) is 12.4. The number of carbonyl (C=O) groups is 1. The van der Waals surface area contributed by atoms with Crippen LogP contribution in [-0.4, -0.2) is 91.4 Å². The fraction of sp³-hybridized carbons (Fsp3) is 0.424. The van der Waals surface area contributed by atoms with E-state index in [2.05, 4.69) is 42.4 Å². The van der Waals surface area contributed by atoms with Crippen LogP contribution in [-0.2, 0) is 4.79 Å². The number of benzene rings is 2. The number of rotatable bonds is 10. The molecule has 48 heavy (non-hydrogen) atoms. The summed E-state index contributed by atoms with van der Waals surface area (Å²) in [5, 5.41) is 35.8. The van der Waals surface area contributed by atoms with E-state index < -0.39 is 23.4 Å². The molecule has 0 aromatic heterocycles. The molecule has 4 heterocycles. The molecule has 4 aliphatic rings. The van der Waals surface area contributed by atoms with Crippen molar-refractivity contribution in [1.82, 2.24) is 9.80 Å². The molecule has 6 rings (SSSR count). The van der Waals surface area contributed by atoms with Gasteiger partial charge < -0.3 is 21.3 Å². The highest BCUT2D eigenvalue weighted by molar-refractivity contribution is 5.89. The zero-order valence-electron chi connectivity index (χ0n) is 26.3. The van der Waals surface area contributed by atoms with E-state index in [0.717, 1.165) is 11.4 Å². The number of nitriles is 2. The minimum atomic E-state index is -1.50. The summed E-state index contributed by atoms with van der Waals surface area (Å²) in [7, 11) is 0. The molecule has 0 bridgehead atoms. The van der Waals surface area contributed by atoms with Crippen LogP contribution in [0.4, 0.5) is 20.2 Å². The number of nitrogens with two attached hydrogens (primary N) is 2. The van der Waals surface area contributed by atoms with E-state index in [-0.39, 0.29) is 41.4 Å². The van der Waals surface area contributed by atoms with Crippen molar-refractivity contribution in [3.63, 3.8) is 0 Å². The highest BCUT2D eigenvalue weighted by atomic mass is 19.1. The van der Waals surface area contributed by atoms with E-state index in [1.807, 2.05) is 9.80 Å². The van der Waals surface area contributed by atoms with Gasteiger partial charge in [0.1, 0.15) is 23.8 Å². The molecular formula is C33H36F2N12O. The van der Waals surface area contributed by atoms with Crippen molar-refractivity contribution < 1.29 is 13.6 Å². The van der Waals surface area contributed by atoms with Crippen LogP contribution in [0.2, 0.25) is 0 Å². The first kappa shape index (κ1) is 33.0. The van der Waals surface area contributed by atoms with Gasteiger partial charge in [0.25, 0.3) is 0 Å². The topological polar surface area (TPSA) is 179 Å². The maximum absolute atomic E-state index is 15.0. The number of anilines is 2. The Morgan fingerprint density at radius 1 is 0.688 bits per heavy atom. The van der Waals surface area contributed by atoms with Crippen molar-refractivity contribution in [2.75, 3.05) is 62.2 Å². The molecule has 2 aromatic rings. The third kappa shape index (κ3) is 6.72. The molecule has 2 fully saturated rings. The number of halogens is 2. The summed E-state index contributed by atoms with van der Waals surface area (Å²) in [5.41, 5.74) is 12.4. The SMILES string of the molecule is N#CC1=CN=NC1(N)CC(C(=O)C(CC1(N)N=NC=C1C#N)N1CCN(c2ccc(F)cc2)CC1)N1CCN(c2ccc(F)cc2)CC1. The summed E-state index contributed by atoms with van der Waals surface area (Å²) < 4.78 is 27.2. The van der Waals surface area contributed by atoms with Gasteiger partial charge in [-0.05, 0) is 48.5 Å². The number of piperazine rings is 2. The Morgan fingerprint density at radius 2 is 1.04 bits per heavy atom. The van der Waals surface area contributed by atoms with Gasteiger partial charge in [-0.25, -0.2) is 8.78 Å². The first-order valence-electron chi connectivity index (χ1n) is 15.8. The molecule has 0 radical (unpaired) electrons. The number of carbonyl (C=O) groups excluding carboxylic acids is 1. The second-order valence-electron chi connectivity index (χ2n) is 12.4. The molecule has 0 saturated carbocycles. The van der Waals surface area contributed by atoms with Crippen LogP contribution in [0.5, 0.6) is 0 Å². The van der Waals surface area contributed by atoms with E-state index in [4.69, 9.17) is 11.5 Å².